The topological polar surface area (TPSA) is 105 Å². The van der Waals surface area contributed by atoms with E-state index in [2.05, 4.69) is 22.0 Å². The number of pyridine rings is 1. The van der Waals surface area contributed by atoms with Crippen molar-refractivity contribution in [3.05, 3.63) is 77.8 Å². The Kier molecular flexibility index (Phi) is 7.83. The molecular weight excluding hydrogens is 521 g/mol. The lowest BCUT2D eigenvalue weighted by Crippen LogP contribution is -2.46. The standard InChI is InChI=1S/C26H25F3N4O4S/c1-3-17(21-11-10-19(15-31-21)26(27,28)29)13-20(30-2)16-32-25(34)22-8-6-12-33(22)38(35,36)24-14-18-7-4-5-9-23(18)37-24/h3-5,7,9-11,13-15,22H,2,6,8,12,16H2,1H3,(H,32,34)/b17-3+,20-13-/t22-/m0/s1. The number of halogens is 3. The fourth-order valence-corrected chi connectivity index (χ4v) is 5.76. The van der Waals surface area contributed by atoms with Gasteiger partial charge in [0.15, 0.2) is 0 Å². The molecule has 0 spiro atoms. The molecule has 38 heavy (non-hydrogen) atoms. The van der Waals surface area contributed by atoms with Gasteiger partial charge in [0.2, 0.25) is 11.0 Å². The van der Waals surface area contributed by atoms with Crippen LogP contribution in [0.5, 0.6) is 0 Å². The van der Waals surface area contributed by atoms with E-state index >= 15 is 0 Å². The summed E-state index contributed by atoms with van der Waals surface area (Å²) in [7, 11) is -4.05. The number of carbonyl (C=O) groups is 1. The summed E-state index contributed by atoms with van der Waals surface area (Å²) < 4.78 is 71.7. The first-order valence-corrected chi connectivity index (χ1v) is 13.1. The number of rotatable bonds is 8. The summed E-state index contributed by atoms with van der Waals surface area (Å²) in [6.07, 6.45) is 0.263. The Balaban J connectivity index is 1.46. The second kappa shape index (κ2) is 10.9. The van der Waals surface area contributed by atoms with Crippen LogP contribution in [0, 0.1) is 0 Å². The maximum Gasteiger partial charge on any atom is 0.417 e. The van der Waals surface area contributed by atoms with Crippen LogP contribution in [-0.2, 0) is 21.0 Å². The maximum atomic E-state index is 13.3. The van der Waals surface area contributed by atoms with Crippen molar-refractivity contribution in [1.29, 1.82) is 0 Å². The molecule has 1 aliphatic rings. The van der Waals surface area contributed by atoms with E-state index in [4.69, 9.17) is 4.42 Å². The van der Waals surface area contributed by atoms with Gasteiger partial charge in [0.1, 0.15) is 11.6 Å². The monoisotopic (exact) mass is 546 g/mol. The van der Waals surface area contributed by atoms with Gasteiger partial charge >= 0.3 is 6.18 Å². The number of furan rings is 1. The molecule has 1 atom stereocenters. The van der Waals surface area contributed by atoms with Crippen LogP contribution in [0.1, 0.15) is 31.0 Å². The molecule has 4 rings (SSSR count). The van der Waals surface area contributed by atoms with Gasteiger partial charge in [-0.25, -0.2) is 8.42 Å². The number of fused-ring (bicyclic) bond motifs is 1. The third-order valence-electron chi connectivity index (χ3n) is 6.14. The molecule has 1 aliphatic heterocycles. The molecule has 0 unspecified atom stereocenters. The highest BCUT2D eigenvalue weighted by atomic mass is 32.2. The lowest BCUT2D eigenvalue weighted by atomic mass is 10.1. The number of nitrogens with one attached hydrogen (secondary N) is 1. The van der Waals surface area contributed by atoms with Gasteiger partial charge in [-0.3, -0.25) is 14.8 Å². The van der Waals surface area contributed by atoms with Crippen molar-refractivity contribution in [1.82, 2.24) is 14.6 Å². The molecular formula is C26H25F3N4O4S. The lowest BCUT2D eigenvalue weighted by Gasteiger charge is -2.22. The van der Waals surface area contributed by atoms with E-state index in [0.29, 0.717) is 35.1 Å². The third-order valence-corrected chi connectivity index (χ3v) is 7.90. The Labute approximate surface area is 217 Å². The predicted octanol–water partition coefficient (Wildman–Crippen LogP) is 4.80. The molecule has 3 heterocycles. The van der Waals surface area contributed by atoms with E-state index < -0.39 is 33.7 Å². The van der Waals surface area contributed by atoms with Crippen LogP contribution in [0.25, 0.3) is 16.5 Å². The highest BCUT2D eigenvalue weighted by Crippen LogP contribution is 2.31. The van der Waals surface area contributed by atoms with Crippen LogP contribution in [0.3, 0.4) is 0 Å². The number of hydrogen-bond acceptors (Lipinski definition) is 6. The average Bonchev–Trinajstić information content (AvgIpc) is 3.57. The van der Waals surface area contributed by atoms with E-state index in [1.165, 1.54) is 12.1 Å². The van der Waals surface area contributed by atoms with E-state index in [0.717, 1.165) is 16.6 Å². The molecule has 0 saturated carbocycles. The minimum atomic E-state index is -4.50. The van der Waals surface area contributed by atoms with Crippen molar-refractivity contribution < 1.29 is 30.8 Å². The Hall–Kier alpha value is -3.77. The largest absolute Gasteiger partial charge is 0.443 e. The molecule has 0 radical (unpaired) electrons. The van der Waals surface area contributed by atoms with Crippen LogP contribution in [0.2, 0.25) is 0 Å². The molecule has 1 amide bonds. The number of hydrogen-bond donors (Lipinski definition) is 1. The zero-order valence-electron chi connectivity index (χ0n) is 20.4. The quantitative estimate of drug-likeness (QED) is 0.323. The summed E-state index contributed by atoms with van der Waals surface area (Å²) in [5.41, 5.74) is 0.643. The number of para-hydroxylation sites is 1. The first kappa shape index (κ1) is 27.3. The molecule has 1 N–H and O–H groups in total. The number of nitrogens with zero attached hydrogens (tertiary/aromatic N) is 3. The number of benzene rings is 1. The van der Waals surface area contributed by atoms with Crippen LogP contribution < -0.4 is 5.32 Å². The van der Waals surface area contributed by atoms with Gasteiger partial charge in [-0.2, -0.15) is 17.5 Å². The van der Waals surface area contributed by atoms with E-state index in [1.54, 1.807) is 43.3 Å². The van der Waals surface area contributed by atoms with Gasteiger partial charge in [0, 0.05) is 24.2 Å². The second-order valence-corrected chi connectivity index (χ2v) is 10.4. The summed E-state index contributed by atoms with van der Waals surface area (Å²) in [5.74, 6) is -0.508. The average molecular weight is 547 g/mol. The Morgan fingerprint density at radius 2 is 2.05 bits per heavy atom. The summed E-state index contributed by atoms with van der Waals surface area (Å²) in [6, 6.07) is 9.59. The third kappa shape index (κ3) is 5.70. The fraction of sp³-hybridized carbons (Fsp3) is 0.269. The summed E-state index contributed by atoms with van der Waals surface area (Å²) in [5, 5.41) is 3.10. The fourth-order valence-electron chi connectivity index (χ4n) is 4.16. The molecule has 200 valence electrons. The number of allylic oxidation sites excluding steroid dienone is 3. The van der Waals surface area contributed by atoms with Crippen molar-refractivity contribution >= 4 is 39.2 Å². The van der Waals surface area contributed by atoms with Gasteiger partial charge in [0.25, 0.3) is 10.0 Å². The highest BCUT2D eigenvalue weighted by molar-refractivity contribution is 7.89. The van der Waals surface area contributed by atoms with Crippen LogP contribution in [-0.4, -0.2) is 49.5 Å². The summed E-state index contributed by atoms with van der Waals surface area (Å²) in [6.45, 7) is 5.27. The second-order valence-electron chi connectivity index (χ2n) is 8.56. The van der Waals surface area contributed by atoms with Crippen molar-refractivity contribution in [2.75, 3.05) is 13.1 Å². The Morgan fingerprint density at radius 1 is 1.29 bits per heavy atom. The molecule has 12 heteroatoms. The van der Waals surface area contributed by atoms with Crippen molar-refractivity contribution in [2.45, 2.75) is 37.1 Å². The first-order chi connectivity index (χ1) is 18.0. The normalized spacial score (nSPS) is 17.6. The molecule has 3 aromatic rings. The first-order valence-electron chi connectivity index (χ1n) is 11.7. The minimum Gasteiger partial charge on any atom is -0.443 e. The number of sulfonamides is 1. The van der Waals surface area contributed by atoms with Gasteiger partial charge in [-0.15, -0.1) is 0 Å². The van der Waals surface area contributed by atoms with Gasteiger partial charge < -0.3 is 9.73 Å². The van der Waals surface area contributed by atoms with Crippen molar-refractivity contribution in [3.8, 4) is 0 Å². The number of alkyl halides is 3. The minimum absolute atomic E-state index is 0.0741. The van der Waals surface area contributed by atoms with E-state index in [9.17, 15) is 26.4 Å². The number of aromatic nitrogens is 1. The molecule has 1 aromatic carbocycles. The van der Waals surface area contributed by atoms with Crippen molar-refractivity contribution in [2.24, 2.45) is 4.99 Å². The number of amides is 1. The van der Waals surface area contributed by atoms with Gasteiger partial charge in [-0.05, 0) is 56.3 Å². The van der Waals surface area contributed by atoms with Crippen LogP contribution in [0.4, 0.5) is 13.2 Å². The Bertz CT molecular complexity index is 1480. The van der Waals surface area contributed by atoms with Gasteiger partial charge in [0.05, 0.1) is 23.5 Å². The van der Waals surface area contributed by atoms with Crippen LogP contribution in [0.15, 0.2) is 81.0 Å². The number of carbonyl (C=O) groups excluding carboxylic acids is 1. The SMILES string of the molecule is C=N/C(=C\C(=C/C)c1ccc(C(F)(F)F)cn1)CNC(=O)[C@@H]1CCCN1S(=O)(=O)c1cc2ccccc2o1. The lowest BCUT2D eigenvalue weighted by molar-refractivity contribution is -0.137. The molecule has 1 saturated heterocycles. The predicted molar refractivity (Wildman–Crippen MR) is 137 cm³/mol. The van der Waals surface area contributed by atoms with Gasteiger partial charge in [-0.1, -0.05) is 24.3 Å². The smallest absolute Gasteiger partial charge is 0.417 e. The zero-order chi connectivity index (χ0) is 27.5. The summed E-state index contributed by atoms with van der Waals surface area (Å²) in [4.78, 5) is 20.8. The molecule has 0 bridgehead atoms. The zero-order valence-corrected chi connectivity index (χ0v) is 21.2. The summed E-state index contributed by atoms with van der Waals surface area (Å²) >= 11 is 0. The highest BCUT2D eigenvalue weighted by Gasteiger charge is 2.41. The molecule has 2 aromatic heterocycles. The molecule has 1 fully saturated rings. The Morgan fingerprint density at radius 3 is 2.68 bits per heavy atom. The van der Waals surface area contributed by atoms with Crippen LogP contribution >= 0.6 is 0 Å². The number of aliphatic imine (C=N–C) groups is 1. The van der Waals surface area contributed by atoms with E-state index in [-0.39, 0.29) is 23.9 Å². The molecule has 0 aliphatic carbocycles. The van der Waals surface area contributed by atoms with Crippen molar-refractivity contribution in [3.63, 3.8) is 0 Å². The molecule has 8 nitrogen and oxygen atoms in total. The maximum absolute atomic E-state index is 13.3. The van der Waals surface area contributed by atoms with E-state index in [1.807, 2.05) is 0 Å².